The zero-order chi connectivity index (χ0) is 19.7. The van der Waals surface area contributed by atoms with E-state index in [9.17, 15) is 9.59 Å². The summed E-state index contributed by atoms with van der Waals surface area (Å²) in [5.41, 5.74) is 1.93. The van der Waals surface area contributed by atoms with Gasteiger partial charge in [0.05, 0.1) is 0 Å². The van der Waals surface area contributed by atoms with E-state index in [1.165, 1.54) is 0 Å². The van der Waals surface area contributed by atoms with Crippen molar-refractivity contribution >= 4 is 22.7 Å². The fourth-order valence-corrected chi connectivity index (χ4v) is 4.95. The maximum Gasteiger partial charge on any atom is 0.253 e. The van der Waals surface area contributed by atoms with Gasteiger partial charge in [0.2, 0.25) is 5.91 Å². The Morgan fingerprint density at radius 1 is 1.18 bits per heavy atom. The van der Waals surface area contributed by atoms with Gasteiger partial charge in [0.25, 0.3) is 5.91 Å². The van der Waals surface area contributed by atoms with Crippen LogP contribution in [0.1, 0.15) is 55.8 Å². The number of rotatable bonds is 4. The Morgan fingerprint density at radius 2 is 2.04 bits per heavy atom. The number of aromatic nitrogens is 1. The summed E-state index contributed by atoms with van der Waals surface area (Å²) in [6.45, 7) is 5.41. The molecule has 0 aliphatic carbocycles. The lowest BCUT2D eigenvalue weighted by Crippen LogP contribution is -2.55. The van der Waals surface area contributed by atoms with Gasteiger partial charge in [0, 0.05) is 62.3 Å². The molecule has 0 saturated carbocycles. The van der Waals surface area contributed by atoms with Crippen LogP contribution in [0, 0.1) is 5.41 Å². The average molecular weight is 382 g/mol. The van der Waals surface area contributed by atoms with Crippen molar-refractivity contribution in [1.82, 2.24) is 14.4 Å². The summed E-state index contributed by atoms with van der Waals surface area (Å²) in [6, 6.07) is 8.07. The fraction of sp³-hybridized carbons (Fsp3) is 0.565. The molecule has 1 atom stereocenters. The minimum Gasteiger partial charge on any atom is -0.351 e. The molecule has 3 heterocycles. The Bertz CT molecular complexity index is 887. The van der Waals surface area contributed by atoms with Crippen LogP contribution in [0.25, 0.3) is 10.9 Å². The number of carbonyl (C=O) groups is 2. The van der Waals surface area contributed by atoms with Crippen molar-refractivity contribution in [1.29, 1.82) is 0 Å². The molecule has 0 unspecified atom stereocenters. The van der Waals surface area contributed by atoms with Crippen molar-refractivity contribution in [2.24, 2.45) is 12.5 Å². The van der Waals surface area contributed by atoms with E-state index in [0.29, 0.717) is 6.42 Å². The van der Waals surface area contributed by atoms with E-state index >= 15 is 0 Å². The molecule has 0 N–H and O–H groups in total. The van der Waals surface area contributed by atoms with Crippen LogP contribution >= 0.6 is 0 Å². The molecule has 1 spiro atoms. The lowest BCUT2D eigenvalue weighted by atomic mass is 9.73. The van der Waals surface area contributed by atoms with Crippen molar-refractivity contribution in [3.05, 3.63) is 36.0 Å². The van der Waals surface area contributed by atoms with Gasteiger partial charge >= 0.3 is 0 Å². The Hall–Kier alpha value is -2.30. The Labute approximate surface area is 167 Å². The van der Waals surface area contributed by atoms with Gasteiger partial charge in [-0.15, -0.1) is 0 Å². The lowest BCUT2D eigenvalue weighted by Gasteiger charge is -2.48. The van der Waals surface area contributed by atoms with Crippen LogP contribution in [0.15, 0.2) is 30.5 Å². The number of likely N-dealkylation sites (tertiary alicyclic amines) is 2. The summed E-state index contributed by atoms with van der Waals surface area (Å²) in [5, 5.41) is 1.16. The van der Waals surface area contributed by atoms with Gasteiger partial charge < -0.3 is 14.4 Å². The van der Waals surface area contributed by atoms with E-state index in [-0.39, 0.29) is 17.2 Å². The molecule has 1 aromatic carbocycles. The second-order valence-electron chi connectivity index (χ2n) is 8.70. The summed E-state index contributed by atoms with van der Waals surface area (Å²) in [5.74, 6) is 0.413. The van der Waals surface area contributed by atoms with Crippen LogP contribution in [-0.4, -0.2) is 52.4 Å². The van der Waals surface area contributed by atoms with Crippen LogP contribution in [0.2, 0.25) is 0 Å². The standard InChI is InChI=1S/C23H31N3O2/c1-3-4-12-25-16-23(11-8-21(25)27)10-5-13-26(17-23)22(28)19-7-6-18-9-14-24(2)20(18)15-19/h6-7,9,14-15H,3-5,8,10-13,16-17H2,1-2H3/t23-/m1/s1. The Morgan fingerprint density at radius 3 is 2.86 bits per heavy atom. The highest BCUT2D eigenvalue weighted by Gasteiger charge is 2.42. The molecule has 4 rings (SSSR count). The number of unbranched alkanes of at least 4 members (excludes halogenated alkanes) is 1. The van der Waals surface area contributed by atoms with E-state index in [2.05, 4.69) is 22.5 Å². The van der Waals surface area contributed by atoms with Gasteiger partial charge in [-0.25, -0.2) is 0 Å². The van der Waals surface area contributed by atoms with Crippen LogP contribution in [0.5, 0.6) is 0 Å². The van der Waals surface area contributed by atoms with Gasteiger partial charge in [-0.3, -0.25) is 9.59 Å². The minimum atomic E-state index is 0.0740. The van der Waals surface area contributed by atoms with Crippen molar-refractivity contribution in [2.45, 2.75) is 45.4 Å². The fourth-order valence-electron chi connectivity index (χ4n) is 4.95. The van der Waals surface area contributed by atoms with Crippen molar-refractivity contribution < 1.29 is 9.59 Å². The molecular formula is C23H31N3O2. The summed E-state index contributed by atoms with van der Waals surface area (Å²) >= 11 is 0. The molecule has 2 aliphatic heterocycles. The first-order valence-electron chi connectivity index (χ1n) is 10.6. The average Bonchev–Trinajstić information content (AvgIpc) is 3.09. The van der Waals surface area contributed by atoms with E-state index in [0.717, 1.165) is 74.7 Å². The molecule has 5 nitrogen and oxygen atoms in total. The first-order chi connectivity index (χ1) is 13.5. The Kier molecular flexibility index (Phi) is 5.17. The lowest BCUT2D eigenvalue weighted by molar-refractivity contribution is -0.139. The van der Waals surface area contributed by atoms with Gasteiger partial charge in [0.1, 0.15) is 0 Å². The zero-order valence-corrected chi connectivity index (χ0v) is 17.1. The first-order valence-corrected chi connectivity index (χ1v) is 10.6. The topological polar surface area (TPSA) is 45.5 Å². The third-order valence-electron chi connectivity index (χ3n) is 6.61. The maximum absolute atomic E-state index is 13.3. The highest BCUT2D eigenvalue weighted by molar-refractivity contribution is 5.98. The molecule has 2 amide bonds. The molecular weight excluding hydrogens is 350 g/mol. The predicted molar refractivity (Wildman–Crippen MR) is 111 cm³/mol. The zero-order valence-electron chi connectivity index (χ0n) is 17.1. The first kappa shape index (κ1) is 19.0. The smallest absolute Gasteiger partial charge is 0.253 e. The van der Waals surface area contributed by atoms with Crippen molar-refractivity contribution in [3.8, 4) is 0 Å². The second-order valence-corrected chi connectivity index (χ2v) is 8.70. The molecule has 2 fully saturated rings. The molecule has 150 valence electrons. The molecule has 1 aromatic heterocycles. The van der Waals surface area contributed by atoms with Gasteiger partial charge in [0.15, 0.2) is 0 Å². The number of fused-ring (bicyclic) bond motifs is 1. The van der Waals surface area contributed by atoms with E-state index in [4.69, 9.17) is 0 Å². The summed E-state index contributed by atoms with van der Waals surface area (Å²) in [4.78, 5) is 29.7. The van der Waals surface area contributed by atoms with Crippen LogP contribution in [0.3, 0.4) is 0 Å². The minimum absolute atomic E-state index is 0.0740. The molecule has 2 aliphatic rings. The number of hydrogen-bond donors (Lipinski definition) is 0. The summed E-state index contributed by atoms with van der Waals surface area (Å²) in [7, 11) is 2.01. The number of aryl methyl sites for hydroxylation is 1. The number of carbonyl (C=O) groups excluding carboxylic acids is 2. The van der Waals surface area contributed by atoms with Crippen molar-refractivity contribution in [2.75, 3.05) is 26.2 Å². The van der Waals surface area contributed by atoms with Crippen LogP contribution in [0.4, 0.5) is 0 Å². The number of nitrogens with zero attached hydrogens (tertiary/aromatic N) is 3. The normalized spacial score (nSPS) is 23.0. The van der Waals surface area contributed by atoms with Crippen LogP contribution < -0.4 is 0 Å². The summed E-state index contributed by atoms with van der Waals surface area (Å²) in [6.07, 6.45) is 7.86. The molecule has 5 heteroatoms. The second kappa shape index (κ2) is 7.61. The highest BCUT2D eigenvalue weighted by atomic mass is 16.2. The van der Waals surface area contributed by atoms with Gasteiger partial charge in [-0.2, -0.15) is 0 Å². The summed E-state index contributed by atoms with van der Waals surface area (Å²) < 4.78 is 2.06. The number of benzene rings is 1. The highest BCUT2D eigenvalue weighted by Crippen LogP contribution is 2.39. The van der Waals surface area contributed by atoms with E-state index in [1.807, 2.05) is 36.3 Å². The molecule has 0 radical (unpaired) electrons. The van der Waals surface area contributed by atoms with Gasteiger partial charge in [-0.1, -0.05) is 19.4 Å². The predicted octanol–water partition coefficient (Wildman–Crippen LogP) is 3.82. The number of amides is 2. The van der Waals surface area contributed by atoms with E-state index < -0.39 is 0 Å². The molecule has 0 bridgehead atoms. The number of hydrogen-bond acceptors (Lipinski definition) is 2. The molecule has 28 heavy (non-hydrogen) atoms. The maximum atomic E-state index is 13.3. The molecule has 2 saturated heterocycles. The van der Waals surface area contributed by atoms with Crippen LogP contribution in [-0.2, 0) is 11.8 Å². The SMILES string of the molecule is CCCCN1C[C@@]2(CCCN(C(=O)c3ccc4ccn(C)c4c3)C2)CCC1=O. The number of piperidine rings is 2. The monoisotopic (exact) mass is 381 g/mol. The third-order valence-corrected chi connectivity index (χ3v) is 6.61. The van der Waals surface area contributed by atoms with E-state index in [1.54, 1.807) is 0 Å². The van der Waals surface area contributed by atoms with Gasteiger partial charge in [-0.05, 0) is 49.3 Å². The largest absolute Gasteiger partial charge is 0.351 e. The molecule has 2 aromatic rings. The van der Waals surface area contributed by atoms with Crippen molar-refractivity contribution in [3.63, 3.8) is 0 Å². The Balaban J connectivity index is 1.51. The quantitative estimate of drug-likeness (QED) is 0.808. The third kappa shape index (κ3) is 3.54.